The normalized spacial score (nSPS) is 13.6. The third-order valence-corrected chi connectivity index (χ3v) is 5.98. The molecule has 0 unspecified atom stereocenters. The minimum absolute atomic E-state index is 0.0632. The predicted octanol–water partition coefficient (Wildman–Crippen LogP) is 10.00. The maximum Gasteiger partial charge on any atom is 0.429 e. The Morgan fingerprint density at radius 3 is 1.26 bits per heavy atom. The molecule has 0 amide bonds. The molecule has 0 aliphatic carbocycles. The fourth-order valence-electron chi connectivity index (χ4n) is 4.09. The van der Waals surface area contributed by atoms with Crippen molar-refractivity contribution in [3.8, 4) is 0 Å². The van der Waals surface area contributed by atoms with Gasteiger partial charge in [-0.2, -0.15) is 13.2 Å². The summed E-state index contributed by atoms with van der Waals surface area (Å²) in [6.45, 7) is 17.9. The quantitative estimate of drug-likeness (QED) is 0.341. The van der Waals surface area contributed by atoms with Gasteiger partial charge in [0.15, 0.2) is 0 Å². The van der Waals surface area contributed by atoms with Crippen LogP contribution >= 0.6 is 0 Å². The molecule has 0 bridgehead atoms. The molecule has 0 aliphatic rings. The Balaban J connectivity index is 2.65. The van der Waals surface area contributed by atoms with E-state index in [1.165, 1.54) is 0 Å². The van der Waals surface area contributed by atoms with Gasteiger partial charge in [0, 0.05) is 12.1 Å². The first kappa shape index (κ1) is 27.8. The number of aliphatic imine (C=N–C) groups is 2. The van der Waals surface area contributed by atoms with Crippen molar-refractivity contribution in [3.05, 3.63) is 58.7 Å². The van der Waals surface area contributed by atoms with Crippen molar-refractivity contribution in [2.45, 2.75) is 98.6 Å². The van der Waals surface area contributed by atoms with E-state index in [1.807, 2.05) is 64.1 Å². The van der Waals surface area contributed by atoms with Gasteiger partial charge in [0.2, 0.25) is 0 Å². The van der Waals surface area contributed by atoms with Crippen molar-refractivity contribution in [2.24, 2.45) is 9.98 Å². The van der Waals surface area contributed by atoms with Crippen molar-refractivity contribution in [1.29, 1.82) is 0 Å². The molecule has 5 heteroatoms. The lowest BCUT2D eigenvalue weighted by Gasteiger charge is -2.19. The molecule has 0 aromatic heterocycles. The lowest BCUT2D eigenvalue weighted by molar-refractivity contribution is -0.0597. The van der Waals surface area contributed by atoms with Crippen LogP contribution in [0.5, 0.6) is 0 Å². The molecule has 2 aromatic rings. The van der Waals surface area contributed by atoms with Crippen LogP contribution in [0.2, 0.25) is 0 Å². The highest BCUT2D eigenvalue weighted by molar-refractivity contribution is 6.07. The van der Waals surface area contributed by atoms with E-state index in [-0.39, 0.29) is 30.1 Å². The molecule has 0 aliphatic heterocycles. The molecule has 0 atom stereocenters. The predicted molar refractivity (Wildman–Crippen MR) is 140 cm³/mol. The average Bonchev–Trinajstić information content (AvgIpc) is 2.72. The molecule has 0 fully saturated rings. The SMILES string of the molecule is CC(CC(=Nc1c(C(C)C)cccc1C(C)C)C(F)(F)F)=Nc1c(C(C)C)cccc1C(C)C. The van der Waals surface area contributed by atoms with Crippen LogP contribution in [0, 0.1) is 0 Å². The lowest BCUT2D eigenvalue weighted by atomic mass is 9.92. The van der Waals surface area contributed by atoms with Gasteiger partial charge in [0.25, 0.3) is 0 Å². The summed E-state index contributed by atoms with van der Waals surface area (Å²) < 4.78 is 42.6. The van der Waals surface area contributed by atoms with Crippen molar-refractivity contribution < 1.29 is 13.2 Å². The molecule has 0 radical (unpaired) electrons. The van der Waals surface area contributed by atoms with Crippen LogP contribution in [-0.2, 0) is 0 Å². The van der Waals surface area contributed by atoms with E-state index in [9.17, 15) is 13.2 Å². The Hall–Kier alpha value is -2.43. The van der Waals surface area contributed by atoms with Crippen molar-refractivity contribution in [1.82, 2.24) is 0 Å². The largest absolute Gasteiger partial charge is 0.429 e. The summed E-state index contributed by atoms with van der Waals surface area (Å²) in [5.74, 6) is 0.557. The molecule has 186 valence electrons. The molecule has 0 heterocycles. The highest BCUT2D eigenvalue weighted by Gasteiger charge is 2.36. The standard InChI is InChI=1S/C29H39F3N2/c1-17(2)22-12-10-13-23(18(3)4)27(22)33-21(9)16-26(29(30,31)32)34-28-24(19(5)6)14-11-15-25(28)20(7)8/h10-15,17-20H,16H2,1-9H3. The number of alkyl halides is 3. The van der Waals surface area contributed by atoms with E-state index in [4.69, 9.17) is 4.99 Å². The smallest absolute Gasteiger partial charge is 0.257 e. The topological polar surface area (TPSA) is 24.7 Å². The highest BCUT2D eigenvalue weighted by atomic mass is 19.4. The highest BCUT2D eigenvalue weighted by Crippen LogP contribution is 2.38. The summed E-state index contributed by atoms with van der Waals surface area (Å²) in [4.78, 5) is 9.03. The van der Waals surface area contributed by atoms with Crippen LogP contribution in [-0.4, -0.2) is 17.6 Å². The second-order valence-electron chi connectivity index (χ2n) is 10.3. The van der Waals surface area contributed by atoms with Crippen LogP contribution in [0.3, 0.4) is 0 Å². The third-order valence-electron chi connectivity index (χ3n) is 5.98. The number of para-hydroxylation sites is 2. The Kier molecular flexibility index (Phi) is 9.27. The molecule has 0 saturated carbocycles. The van der Waals surface area contributed by atoms with Gasteiger partial charge in [-0.05, 0) is 52.8 Å². The molecule has 34 heavy (non-hydrogen) atoms. The average molecular weight is 473 g/mol. The van der Waals surface area contributed by atoms with Crippen LogP contribution in [0.4, 0.5) is 24.5 Å². The molecule has 2 rings (SSSR count). The fraction of sp³-hybridized carbons (Fsp3) is 0.517. The van der Waals surface area contributed by atoms with E-state index in [0.717, 1.165) is 27.9 Å². The molecule has 0 spiro atoms. The van der Waals surface area contributed by atoms with Gasteiger partial charge in [0.05, 0.1) is 11.4 Å². The van der Waals surface area contributed by atoms with Gasteiger partial charge in [-0.15, -0.1) is 0 Å². The molecule has 0 N–H and O–H groups in total. The summed E-state index contributed by atoms with van der Waals surface area (Å²) in [6, 6.07) is 11.7. The first-order valence-corrected chi connectivity index (χ1v) is 12.2. The van der Waals surface area contributed by atoms with Gasteiger partial charge in [0.1, 0.15) is 5.71 Å². The number of halogens is 3. The van der Waals surface area contributed by atoms with Gasteiger partial charge in [-0.1, -0.05) is 91.8 Å². The Morgan fingerprint density at radius 2 is 0.971 bits per heavy atom. The van der Waals surface area contributed by atoms with E-state index in [0.29, 0.717) is 11.4 Å². The molecular formula is C29H39F3N2. The maximum atomic E-state index is 14.2. The summed E-state index contributed by atoms with van der Waals surface area (Å²) in [7, 11) is 0. The van der Waals surface area contributed by atoms with Crippen LogP contribution in [0.1, 0.15) is 115 Å². The Morgan fingerprint density at radius 1 is 0.647 bits per heavy atom. The Bertz CT molecular complexity index is 989. The minimum Gasteiger partial charge on any atom is -0.257 e. The van der Waals surface area contributed by atoms with Crippen LogP contribution in [0.15, 0.2) is 46.4 Å². The number of rotatable bonds is 8. The molecule has 2 nitrogen and oxygen atoms in total. The number of benzene rings is 2. The summed E-state index contributed by atoms with van der Waals surface area (Å²) >= 11 is 0. The zero-order valence-electron chi connectivity index (χ0n) is 22.0. The summed E-state index contributed by atoms with van der Waals surface area (Å²) in [5, 5.41) is 0. The van der Waals surface area contributed by atoms with Crippen molar-refractivity contribution in [2.75, 3.05) is 0 Å². The fourth-order valence-corrected chi connectivity index (χ4v) is 4.09. The zero-order chi connectivity index (χ0) is 25.8. The third kappa shape index (κ3) is 6.80. The van der Waals surface area contributed by atoms with Gasteiger partial charge >= 0.3 is 6.18 Å². The van der Waals surface area contributed by atoms with Gasteiger partial charge in [-0.3, -0.25) is 4.99 Å². The second kappa shape index (κ2) is 11.3. The first-order chi connectivity index (χ1) is 15.7. The first-order valence-electron chi connectivity index (χ1n) is 12.2. The zero-order valence-corrected chi connectivity index (χ0v) is 22.0. The van der Waals surface area contributed by atoms with Crippen molar-refractivity contribution in [3.63, 3.8) is 0 Å². The summed E-state index contributed by atoms with van der Waals surface area (Å²) in [5.41, 5.74) is 4.57. The molecule has 2 aromatic carbocycles. The lowest BCUT2D eigenvalue weighted by Crippen LogP contribution is -2.25. The van der Waals surface area contributed by atoms with E-state index in [2.05, 4.69) is 32.7 Å². The van der Waals surface area contributed by atoms with E-state index >= 15 is 0 Å². The van der Waals surface area contributed by atoms with Crippen LogP contribution in [0.25, 0.3) is 0 Å². The molecular weight excluding hydrogens is 433 g/mol. The number of hydrogen-bond acceptors (Lipinski definition) is 2. The van der Waals surface area contributed by atoms with Gasteiger partial charge in [-0.25, -0.2) is 4.99 Å². The second-order valence-corrected chi connectivity index (χ2v) is 10.3. The van der Waals surface area contributed by atoms with Gasteiger partial charge < -0.3 is 0 Å². The molecule has 0 saturated heterocycles. The Labute approximate surface area is 203 Å². The number of hydrogen-bond donors (Lipinski definition) is 0. The number of nitrogens with zero attached hydrogens (tertiary/aromatic N) is 2. The van der Waals surface area contributed by atoms with E-state index < -0.39 is 11.9 Å². The van der Waals surface area contributed by atoms with Crippen LogP contribution < -0.4 is 0 Å². The summed E-state index contributed by atoms with van der Waals surface area (Å²) in [6.07, 6.45) is -4.90. The maximum absolute atomic E-state index is 14.2. The minimum atomic E-state index is -4.55. The van der Waals surface area contributed by atoms with Crippen molar-refractivity contribution >= 4 is 22.8 Å². The van der Waals surface area contributed by atoms with E-state index in [1.54, 1.807) is 6.92 Å². The monoisotopic (exact) mass is 472 g/mol.